The minimum Gasteiger partial charge on any atom is -0.508 e. The van der Waals surface area contributed by atoms with Gasteiger partial charge in [0.05, 0.1) is 0 Å². The molecule has 16 heavy (non-hydrogen) atoms. The third-order valence-corrected chi connectivity index (χ3v) is 2.20. The van der Waals surface area contributed by atoms with E-state index in [1.807, 2.05) is 0 Å². The molecule has 0 saturated carbocycles. The Bertz CT molecular complexity index is 502. The van der Waals surface area contributed by atoms with Crippen LogP contribution in [0.1, 0.15) is 0 Å². The number of aromatic nitrogens is 2. The zero-order valence-electron chi connectivity index (χ0n) is 8.71. The highest BCUT2D eigenvalue weighted by Gasteiger charge is 2.10. The molecule has 1 amide bonds. The molecule has 0 fully saturated rings. The first kappa shape index (κ1) is 10.2. The van der Waals surface area contributed by atoms with Crippen LogP contribution in [0.3, 0.4) is 0 Å². The maximum Gasteiger partial charge on any atom is 0.327 e. The molecule has 0 aliphatic rings. The van der Waals surface area contributed by atoms with Crippen LogP contribution in [-0.2, 0) is 0 Å². The van der Waals surface area contributed by atoms with E-state index in [2.05, 4.69) is 10.3 Å². The fraction of sp³-hybridized carbons (Fsp3) is 0.0909. The first-order valence-corrected chi connectivity index (χ1v) is 4.77. The lowest BCUT2D eigenvalue weighted by Crippen LogP contribution is -2.24. The lowest BCUT2D eigenvalue weighted by molar-refractivity contribution is 0.244. The van der Waals surface area contributed by atoms with Crippen LogP contribution >= 0.6 is 0 Å². The van der Waals surface area contributed by atoms with Crippen molar-refractivity contribution in [2.75, 3.05) is 7.05 Å². The van der Waals surface area contributed by atoms with E-state index in [4.69, 9.17) is 0 Å². The molecule has 5 heteroatoms. The van der Waals surface area contributed by atoms with Crippen molar-refractivity contribution in [3.05, 3.63) is 36.7 Å². The first-order chi connectivity index (χ1) is 7.72. The number of carbonyl (C=O) groups is 1. The molecule has 2 rings (SSSR count). The van der Waals surface area contributed by atoms with Crippen molar-refractivity contribution >= 4 is 6.03 Å². The molecule has 0 unspecified atom stereocenters. The summed E-state index contributed by atoms with van der Waals surface area (Å²) < 4.78 is 1.41. The van der Waals surface area contributed by atoms with Gasteiger partial charge in [-0.05, 0) is 24.3 Å². The Balaban J connectivity index is 2.44. The van der Waals surface area contributed by atoms with Gasteiger partial charge in [0, 0.05) is 25.0 Å². The maximum absolute atomic E-state index is 11.5. The van der Waals surface area contributed by atoms with E-state index in [1.165, 1.54) is 4.57 Å². The molecule has 0 radical (unpaired) electrons. The summed E-state index contributed by atoms with van der Waals surface area (Å²) in [6.45, 7) is 0. The van der Waals surface area contributed by atoms with Crippen LogP contribution in [0.25, 0.3) is 11.4 Å². The molecule has 2 N–H and O–H groups in total. The number of hydrogen-bond donors (Lipinski definition) is 2. The van der Waals surface area contributed by atoms with Gasteiger partial charge in [0.25, 0.3) is 0 Å². The molecule has 1 aromatic carbocycles. The number of carbonyl (C=O) groups excluding carboxylic acids is 1. The molecule has 0 aliphatic heterocycles. The number of phenolic OH excluding ortho intramolecular Hbond substituents is 1. The summed E-state index contributed by atoms with van der Waals surface area (Å²) in [5.74, 6) is 0.723. The van der Waals surface area contributed by atoms with E-state index in [0.717, 1.165) is 5.56 Å². The smallest absolute Gasteiger partial charge is 0.327 e. The summed E-state index contributed by atoms with van der Waals surface area (Å²) in [5, 5.41) is 11.7. The summed E-state index contributed by atoms with van der Waals surface area (Å²) in [4.78, 5) is 15.6. The van der Waals surface area contributed by atoms with Crippen LogP contribution in [0.5, 0.6) is 5.75 Å². The van der Waals surface area contributed by atoms with Crippen LogP contribution < -0.4 is 5.32 Å². The molecular formula is C11H11N3O2. The predicted octanol–water partition coefficient (Wildman–Crippen LogP) is 1.44. The number of nitrogens with one attached hydrogen (secondary N) is 1. The fourth-order valence-corrected chi connectivity index (χ4v) is 1.41. The van der Waals surface area contributed by atoms with Crippen LogP contribution in [-0.4, -0.2) is 27.7 Å². The van der Waals surface area contributed by atoms with Gasteiger partial charge < -0.3 is 10.4 Å². The molecule has 1 aromatic heterocycles. The highest BCUT2D eigenvalue weighted by molar-refractivity contribution is 5.81. The normalized spacial score (nSPS) is 10.1. The molecule has 0 bridgehead atoms. The molecular weight excluding hydrogens is 206 g/mol. The van der Waals surface area contributed by atoms with Crippen molar-refractivity contribution in [3.8, 4) is 17.1 Å². The molecule has 0 saturated heterocycles. The van der Waals surface area contributed by atoms with Crippen LogP contribution in [0.2, 0.25) is 0 Å². The van der Waals surface area contributed by atoms with E-state index in [9.17, 15) is 9.90 Å². The zero-order chi connectivity index (χ0) is 11.5. The van der Waals surface area contributed by atoms with Crippen molar-refractivity contribution < 1.29 is 9.90 Å². The maximum atomic E-state index is 11.5. The Morgan fingerprint density at radius 1 is 1.38 bits per heavy atom. The Kier molecular flexibility index (Phi) is 2.59. The van der Waals surface area contributed by atoms with Gasteiger partial charge in [-0.2, -0.15) is 0 Å². The summed E-state index contributed by atoms with van der Waals surface area (Å²) in [6, 6.07) is 6.27. The van der Waals surface area contributed by atoms with Gasteiger partial charge in [0.1, 0.15) is 11.6 Å². The summed E-state index contributed by atoms with van der Waals surface area (Å²) in [6.07, 6.45) is 3.14. The third kappa shape index (κ3) is 1.75. The SMILES string of the molecule is CNC(=O)n1ccnc1-c1ccc(O)cc1. The summed E-state index contributed by atoms with van der Waals surface area (Å²) >= 11 is 0. The molecule has 82 valence electrons. The standard InChI is InChI=1S/C11H11N3O2/c1-12-11(16)14-7-6-13-10(14)8-2-4-9(15)5-3-8/h2-7,15H,1H3,(H,12,16). The highest BCUT2D eigenvalue weighted by Crippen LogP contribution is 2.19. The fourth-order valence-electron chi connectivity index (χ4n) is 1.41. The molecule has 1 heterocycles. The van der Waals surface area contributed by atoms with Gasteiger partial charge in [-0.1, -0.05) is 0 Å². The zero-order valence-corrected chi connectivity index (χ0v) is 8.71. The lowest BCUT2D eigenvalue weighted by atomic mass is 10.2. The Labute approximate surface area is 92.4 Å². The molecule has 0 aliphatic carbocycles. The second-order valence-electron chi connectivity index (χ2n) is 3.22. The van der Waals surface area contributed by atoms with E-state index in [-0.39, 0.29) is 11.8 Å². The van der Waals surface area contributed by atoms with Gasteiger partial charge in [0.15, 0.2) is 0 Å². The summed E-state index contributed by atoms with van der Waals surface area (Å²) in [7, 11) is 1.56. The first-order valence-electron chi connectivity index (χ1n) is 4.77. The summed E-state index contributed by atoms with van der Waals surface area (Å²) in [5.41, 5.74) is 0.770. The van der Waals surface area contributed by atoms with Gasteiger partial charge in [-0.3, -0.25) is 4.57 Å². The Morgan fingerprint density at radius 3 is 2.69 bits per heavy atom. The van der Waals surface area contributed by atoms with Crippen LogP contribution in [0, 0.1) is 0 Å². The lowest BCUT2D eigenvalue weighted by Gasteiger charge is -2.05. The molecule has 2 aromatic rings. The van der Waals surface area contributed by atoms with Gasteiger partial charge >= 0.3 is 6.03 Å². The van der Waals surface area contributed by atoms with Crippen LogP contribution in [0.15, 0.2) is 36.7 Å². The predicted molar refractivity (Wildman–Crippen MR) is 59.2 cm³/mol. The number of hydrogen-bond acceptors (Lipinski definition) is 3. The minimum atomic E-state index is -0.249. The van der Waals surface area contributed by atoms with E-state index in [0.29, 0.717) is 5.82 Å². The number of phenols is 1. The van der Waals surface area contributed by atoms with Crippen molar-refractivity contribution in [2.24, 2.45) is 0 Å². The third-order valence-electron chi connectivity index (χ3n) is 2.20. The number of benzene rings is 1. The van der Waals surface area contributed by atoms with E-state index >= 15 is 0 Å². The number of amides is 1. The van der Waals surface area contributed by atoms with Crippen molar-refractivity contribution in [3.63, 3.8) is 0 Å². The number of imidazole rings is 1. The molecule has 0 spiro atoms. The molecule has 0 atom stereocenters. The van der Waals surface area contributed by atoms with Gasteiger partial charge in [-0.15, -0.1) is 0 Å². The average molecular weight is 217 g/mol. The van der Waals surface area contributed by atoms with E-state index in [1.54, 1.807) is 43.7 Å². The van der Waals surface area contributed by atoms with Crippen molar-refractivity contribution in [1.82, 2.24) is 14.9 Å². The number of aromatic hydroxyl groups is 1. The highest BCUT2D eigenvalue weighted by atomic mass is 16.3. The van der Waals surface area contributed by atoms with Gasteiger partial charge in [0.2, 0.25) is 0 Å². The van der Waals surface area contributed by atoms with E-state index < -0.39 is 0 Å². The largest absolute Gasteiger partial charge is 0.508 e. The van der Waals surface area contributed by atoms with Crippen LogP contribution in [0.4, 0.5) is 4.79 Å². The second-order valence-corrected chi connectivity index (χ2v) is 3.22. The minimum absolute atomic E-state index is 0.182. The van der Waals surface area contributed by atoms with Gasteiger partial charge in [-0.25, -0.2) is 9.78 Å². The molecule has 5 nitrogen and oxygen atoms in total. The Morgan fingerprint density at radius 2 is 2.06 bits per heavy atom. The van der Waals surface area contributed by atoms with Crippen molar-refractivity contribution in [2.45, 2.75) is 0 Å². The topological polar surface area (TPSA) is 67.2 Å². The second kappa shape index (κ2) is 4.06. The quantitative estimate of drug-likeness (QED) is 0.759. The average Bonchev–Trinajstić information content (AvgIpc) is 2.78. The van der Waals surface area contributed by atoms with Crippen molar-refractivity contribution in [1.29, 1.82) is 0 Å². The Hall–Kier alpha value is -2.30. The number of rotatable bonds is 1. The number of nitrogens with zero attached hydrogens (tertiary/aromatic N) is 2. The monoisotopic (exact) mass is 217 g/mol.